The third-order valence-corrected chi connectivity index (χ3v) is 5.23. The number of nitrogens with two attached hydrogens (primary N) is 2. The van der Waals surface area contributed by atoms with Crippen molar-refractivity contribution < 1.29 is 4.79 Å². The summed E-state index contributed by atoms with van der Waals surface area (Å²) in [5.74, 6) is 1.12. The van der Waals surface area contributed by atoms with Crippen LogP contribution in [0.1, 0.15) is 42.8 Å². The first kappa shape index (κ1) is 14.2. The molecule has 0 aliphatic carbocycles. The van der Waals surface area contributed by atoms with Crippen molar-refractivity contribution in [2.45, 2.75) is 33.1 Å². The van der Waals surface area contributed by atoms with Crippen LogP contribution in [-0.4, -0.2) is 19.0 Å². The van der Waals surface area contributed by atoms with Gasteiger partial charge in [0.05, 0.1) is 10.7 Å². The molecule has 0 spiro atoms. The van der Waals surface area contributed by atoms with Crippen LogP contribution in [-0.2, 0) is 0 Å². The van der Waals surface area contributed by atoms with Gasteiger partial charge in [-0.15, -0.1) is 11.3 Å². The Morgan fingerprint density at radius 1 is 1.42 bits per heavy atom. The fourth-order valence-electron chi connectivity index (χ4n) is 2.75. The van der Waals surface area contributed by atoms with Gasteiger partial charge >= 0.3 is 0 Å². The Labute approximate surface area is 118 Å². The number of hydrogen-bond donors (Lipinski definition) is 2. The lowest BCUT2D eigenvalue weighted by Gasteiger charge is -2.21. The molecule has 0 aromatic carbocycles. The fraction of sp³-hybridized carbons (Fsp3) is 0.643. The molecule has 2 heterocycles. The summed E-state index contributed by atoms with van der Waals surface area (Å²) in [5, 5.41) is 1.08. The van der Waals surface area contributed by atoms with Crippen LogP contribution in [0.25, 0.3) is 0 Å². The van der Waals surface area contributed by atoms with E-state index in [0.29, 0.717) is 10.6 Å². The Morgan fingerprint density at radius 3 is 2.74 bits per heavy atom. The van der Waals surface area contributed by atoms with Crippen molar-refractivity contribution in [3.8, 4) is 0 Å². The van der Waals surface area contributed by atoms with Crippen molar-refractivity contribution in [1.82, 2.24) is 0 Å². The smallest absolute Gasteiger partial charge is 0.260 e. The Morgan fingerprint density at radius 2 is 2.16 bits per heavy atom. The van der Waals surface area contributed by atoms with Crippen LogP contribution in [0.2, 0.25) is 0 Å². The molecular weight excluding hydrogens is 258 g/mol. The molecule has 19 heavy (non-hydrogen) atoms. The fourth-order valence-corrected chi connectivity index (χ4v) is 3.73. The third kappa shape index (κ3) is 3.21. The van der Waals surface area contributed by atoms with E-state index in [1.165, 1.54) is 30.6 Å². The summed E-state index contributed by atoms with van der Waals surface area (Å²) in [6.07, 6.45) is 3.70. The predicted molar refractivity (Wildman–Crippen MR) is 81.6 cm³/mol. The van der Waals surface area contributed by atoms with Crippen LogP contribution < -0.4 is 16.4 Å². The zero-order valence-corrected chi connectivity index (χ0v) is 12.5. The summed E-state index contributed by atoms with van der Waals surface area (Å²) < 4.78 is 0. The van der Waals surface area contributed by atoms with Gasteiger partial charge in [-0.05, 0) is 37.2 Å². The van der Waals surface area contributed by atoms with Crippen molar-refractivity contribution in [2.75, 3.05) is 23.7 Å². The molecule has 106 valence electrons. The summed E-state index contributed by atoms with van der Waals surface area (Å²) in [6, 6.07) is 1.89. The second-order valence-corrected chi connectivity index (χ2v) is 6.69. The highest BCUT2D eigenvalue weighted by atomic mass is 32.1. The van der Waals surface area contributed by atoms with E-state index in [4.69, 9.17) is 11.5 Å². The van der Waals surface area contributed by atoms with Crippen LogP contribution in [0.5, 0.6) is 0 Å². The number of thiophene rings is 1. The third-order valence-electron chi connectivity index (χ3n) is 4.00. The maximum absolute atomic E-state index is 11.3. The minimum absolute atomic E-state index is 0.427. The summed E-state index contributed by atoms with van der Waals surface area (Å²) in [5.41, 5.74) is 11.7. The Balaban J connectivity index is 2.10. The van der Waals surface area contributed by atoms with E-state index in [2.05, 4.69) is 18.7 Å². The highest BCUT2D eigenvalue weighted by Crippen LogP contribution is 2.34. The van der Waals surface area contributed by atoms with Crippen LogP contribution >= 0.6 is 11.3 Å². The maximum atomic E-state index is 11.3. The number of carbonyl (C=O) groups is 1. The lowest BCUT2D eigenvalue weighted by atomic mass is 9.89. The maximum Gasteiger partial charge on any atom is 0.260 e. The van der Waals surface area contributed by atoms with Gasteiger partial charge < -0.3 is 16.4 Å². The number of hydrogen-bond acceptors (Lipinski definition) is 4. The molecule has 4 N–H and O–H groups in total. The van der Waals surface area contributed by atoms with Gasteiger partial charge in [-0.3, -0.25) is 4.79 Å². The van der Waals surface area contributed by atoms with E-state index >= 15 is 0 Å². The molecule has 0 bridgehead atoms. The first-order chi connectivity index (χ1) is 8.99. The van der Waals surface area contributed by atoms with E-state index in [0.717, 1.165) is 29.9 Å². The van der Waals surface area contributed by atoms with Crippen molar-refractivity contribution in [3.05, 3.63) is 10.9 Å². The molecule has 1 aliphatic rings. The molecule has 1 aromatic rings. The van der Waals surface area contributed by atoms with Gasteiger partial charge in [0, 0.05) is 13.1 Å². The average Bonchev–Trinajstić information content (AvgIpc) is 2.59. The van der Waals surface area contributed by atoms with E-state index in [9.17, 15) is 4.79 Å². The van der Waals surface area contributed by atoms with Gasteiger partial charge in [-0.25, -0.2) is 0 Å². The zero-order valence-electron chi connectivity index (χ0n) is 11.7. The van der Waals surface area contributed by atoms with Gasteiger partial charge in [0.15, 0.2) is 0 Å². The topological polar surface area (TPSA) is 72.3 Å². The van der Waals surface area contributed by atoms with Crippen molar-refractivity contribution in [3.63, 3.8) is 0 Å². The van der Waals surface area contributed by atoms with E-state index in [-0.39, 0.29) is 0 Å². The number of nitrogen functional groups attached to an aromatic ring is 1. The second-order valence-electron chi connectivity index (χ2n) is 5.66. The molecule has 1 unspecified atom stereocenters. The first-order valence-corrected chi connectivity index (χ1v) is 7.74. The summed E-state index contributed by atoms with van der Waals surface area (Å²) in [7, 11) is 0. The molecule has 4 nitrogen and oxygen atoms in total. The number of primary amides is 1. The number of carbonyl (C=O) groups excluding carboxylic acids is 1. The molecule has 0 saturated carbocycles. The summed E-state index contributed by atoms with van der Waals surface area (Å²) >= 11 is 1.42. The van der Waals surface area contributed by atoms with Gasteiger partial charge in [-0.2, -0.15) is 0 Å². The summed E-state index contributed by atoms with van der Waals surface area (Å²) in [4.78, 5) is 14.1. The Hall–Kier alpha value is -1.23. The van der Waals surface area contributed by atoms with Crippen molar-refractivity contribution in [2.24, 2.45) is 17.6 Å². The number of anilines is 2. The van der Waals surface area contributed by atoms with Gasteiger partial charge in [0.25, 0.3) is 5.91 Å². The molecule has 2 rings (SSSR count). The predicted octanol–water partition coefficient (Wildman–Crippen LogP) is 2.69. The highest BCUT2D eigenvalue weighted by molar-refractivity contribution is 7.18. The molecule has 1 fully saturated rings. The first-order valence-electron chi connectivity index (χ1n) is 6.93. The Bertz CT molecular complexity index is 456. The SMILES string of the molecule is CC(C)C1CCCN(c2cc(N)c(C(N)=O)s2)CC1. The van der Waals surface area contributed by atoms with Crippen LogP contribution in [0.4, 0.5) is 10.7 Å². The minimum atomic E-state index is -0.427. The van der Waals surface area contributed by atoms with Gasteiger partial charge in [0.1, 0.15) is 4.88 Å². The number of rotatable bonds is 3. The summed E-state index contributed by atoms with van der Waals surface area (Å²) in [6.45, 7) is 6.69. The largest absolute Gasteiger partial charge is 0.397 e. The molecule has 1 aromatic heterocycles. The highest BCUT2D eigenvalue weighted by Gasteiger charge is 2.22. The number of amides is 1. The Kier molecular flexibility index (Phi) is 4.34. The molecule has 1 saturated heterocycles. The van der Waals surface area contributed by atoms with Crippen LogP contribution in [0.15, 0.2) is 6.07 Å². The minimum Gasteiger partial charge on any atom is -0.397 e. The quantitative estimate of drug-likeness (QED) is 0.894. The molecule has 1 aliphatic heterocycles. The second kappa shape index (κ2) is 5.82. The zero-order chi connectivity index (χ0) is 14.0. The van der Waals surface area contributed by atoms with Crippen molar-refractivity contribution >= 4 is 27.9 Å². The molecule has 5 heteroatoms. The van der Waals surface area contributed by atoms with E-state index in [1.807, 2.05) is 6.07 Å². The van der Waals surface area contributed by atoms with E-state index < -0.39 is 5.91 Å². The average molecular weight is 281 g/mol. The van der Waals surface area contributed by atoms with Crippen molar-refractivity contribution in [1.29, 1.82) is 0 Å². The van der Waals surface area contributed by atoms with Crippen LogP contribution in [0, 0.1) is 11.8 Å². The van der Waals surface area contributed by atoms with Gasteiger partial charge in [0.2, 0.25) is 0 Å². The lowest BCUT2D eigenvalue weighted by Crippen LogP contribution is -2.23. The molecule has 1 atom stereocenters. The molecule has 1 amide bonds. The standard InChI is InChI=1S/C14H23N3OS/c1-9(2)10-4-3-6-17(7-5-10)12-8-11(15)13(19-12)14(16)18/h8-10H,3-7,15H2,1-2H3,(H2,16,18). The monoisotopic (exact) mass is 281 g/mol. The van der Waals surface area contributed by atoms with E-state index in [1.54, 1.807) is 0 Å². The van der Waals surface area contributed by atoms with Gasteiger partial charge in [-0.1, -0.05) is 13.8 Å². The van der Waals surface area contributed by atoms with Crippen LogP contribution in [0.3, 0.4) is 0 Å². The normalized spacial score (nSPS) is 20.6. The molecule has 0 radical (unpaired) electrons. The lowest BCUT2D eigenvalue weighted by molar-refractivity contribution is 0.100. The molecular formula is C14H23N3OS. The number of nitrogens with zero attached hydrogens (tertiary/aromatic N) is 1.